The molecule has 0 aromatic heterocycles. The third kappa shape index (κ3) is 3.38. The lowest BCUT2D eigenvalue weighted by molar-refractivity contribution is -0.137. The molecule has 0 aliphatic heterocycles. The molecule has 1 rings (SSSR count). The van der Waals surface area contributed by atoms with Gasteiger partial charge in [0.25, 0.3) is 0 Å². The van der Waals surface area contributed by atoms with Gasteiger partial charge in [0.15, 0.2) is 0 Å². The van der Waals surface area contributed by atoms with Gasteiger partial charge in [-0.2, -0.15) is 13.2 Å². The van der Waals surface area contributed by atoms with Crippen LogP contribution in [0.5, 0.6) is 0 Å². The first-order valence-corrected chi connectivity index (χ1v) is 5.04. The molecule has 16 heavy (non-hydrogen) atoms. The molecule has 1 nitrogen and oxygen atoms in total. The molecular formula is C12H14F3N. The Labute approximate surface area is 92.8 Å². The molecule has 1 aromatic carbocycles. The largest absolute Gasteiger partial charge is 0.416 e. The van der Waals surface area contributed by atoms with E-state index in [1.807, 2.05) is 6.92 Å². The zero-order valence-corrected chi connectivity index (χ0v) is 9.01. The highest BCUT2D eigenvalue weighted by atomic mass is 19.4. The van der Waals surface area contributed by atoms with Gasteiger partial charge in [0.2, 0.25) is 0 Å². The van der Waals surface area contributed by atoms with Gasteiger partial charge in [0.1, 0.15) is 0 Å². The lowest BCUT2D eigenvalue weighted by atomic mass is 10.1. The van der Waals surface area contributed by atoms with E-state index >= 15 is 0 Å². The molecular weight excluding hydrogens is 215 g/mol. The Balaban J connectivity index is 3.04. The van der Waals surface area contributed by atoms with Gasteiger partial charge in [0, 0.05) is 6.54 Å². The Morgan fingerprint density at radius 1 is 1.38 bits per heavy atom. The first kappa shape index (κ1) is 12.8. The molecule has 1 aromatic rings. The Kier molecular flexibility index (Phi) is 4.12. The Bertz CT molecular complexity index is 374. The van der Waals surface area contributed by atoms with Gasteiger partial charge >= 0.3 is 6.18 Å². The van der Waals surface area contributed by atoms with E-state index in [0.29, 0.717) is 12.1 Å². The second kappa shape index (κ2) is 5.16. The van der Waals surface area contributed by atoms with Gasteiger partial charge in [-0.3, -0.25) is 0 Å². The van der Waals surface area contributed by atoms with Crippen molar-refractivity contribution in [2.45, 2.75) is 19.5 Å². The molecule has 2 N–H and O–H groups in total. The zero-order chi connectivity index (χ0) is 12.2. The molecule has 0 bridgehead atoms. The first-order valence-electron chi connectivity index (χ1n) is 5.04. The SMILES string of the molecule is CCC(=Cc1cccc(C(F)(F)F)c1)CN. The molecule has 4 heteroatoms. The van der Waals surface area contributed by atoms with Crippen LogP contribution in [0, 0.1) is 0 Å². The fourth-order valence-corrected chi connectivity index (χ4v) is 1.35. The summed E-state index contributed by atoms with van der Waals surface area (Å²) in [6.07, 6.45) is -1.85. The van der Waals surface area contributed by atoms with Crippen molar-refractivity contribution in [1.82, 2.24) is 0 Å². The van der Waals surface area contributed by atoms with E-state index in [1.54, 1.807) is 12.1 Å². The van der Waals surface area contributed by atoms with Crippen LogP contribution in [0.4, 0.5) is 13.2 Å². The molecule has 0 unspecified atom stereocenters. The van der Waals surface area contributed by atoms with Crippen molar-refractivity contribution in [3.63, 3.8) is 0 Å². The van der Waals surface area contributed by atoms with Crippen molar-refractivity contribution in [3.8, 4) is 0 Å². The Morgan fingerprint density at radius 2 is 2.06 bits per heavy atom. The van der Waals surface area contributed by atoms with E-state index in [0.717, 1.165) is 24.1 Å². The highest BCUT2D eigenvalue weighted by molar-refractivity contribution is 5.54. The number of rotatable bonds is 3. The van der Waals surface area contributed by atoms with Gasteiger partial charge in [-0.15, -0.1) is 0 Å². The lowest BCUT2D eigenvalue weighted by Gasteiger charge is -2.07. The molecule has 0 saturated heterocycles. The summed E-state index contributed by atoms with van der Waals surface area (Å²) in [5, 5.41) is 0. The molecule has 0 spiro atoms. The average molecular weight is 229 g/mol. The van der Waals surface area contributed by atoms with Crippen LogP contribution in [-0.4, -0.2) is 6.54 Å². The van der Waals surface area contributed by atoms with Gasteiger partial charge in [-0.1, -0.05) is 30.7 Å². The summed E-state index contributed by atoms with van der Waals surface area (Å²) >= 11 is 0. The highest BCUT2D eigenvalue weighted by Crippen LogP contribution is 2.29. The third-order valence-corrected chi connectivity index (χ3v) is 2.30. The molecule has 0 atom stereocenters. The summed E-state index contributed by atoms with van der Waals surface area (Å²) in [5.74, 6) is 0. The quantitative estimate of drug-likeness (QED) is 0.843. The third-order valence-electron chi connectivity index (χ3n) is 2.30. The summed E-state index contributed by atoms with van der Waals surface area (Å²) in [4.78, 5) is 0. The number of halogens is 3. The normalized spacial score (nSPS) is 12.9. The summed E-state index contributed by atoms with van der Waals surface area (Å²) < 4.78 is 37.3. The molecule has 0 heterocycles. The minimum absolute atomic E-state index is 0.368. The van der Waals surface area contributed by atoms with Crippen molar-refractivity contribution >= 4 is 6.08 Å². The molecule has 0 saturated carbocycles. The van der Waals surface area contributed by atoms with Crippen LogP contribution < -0.4 is 5.73 Å². The second-order valence-electron chi connectivity index (χ2n) is 3.48. The Morgan fingerprint density at radius 3 is 2.56 bits per heavy atom. The summed E-state index contributed by atoms with van der Waals surface area (Å²) in [5.41, 5.74) is 6.30. The maximum Gasteiger partial charge on any atom is 0.416 e. The average Bonchev–Trinajstić information content (AvgIpc) is 2.25. The van der Waals surface area contributed by atoms with E-state index in [4.69, 9.17) is 5.73 Å². The van der Waals surface area contributed by atoms with Gasteiger partial charge in [0.05, 0.1) is 5.56 Å². The van der Waals surface area contributed by atoms with Crippen molar-refractivity contribution in [1.29, 1.82) is 0 Å². The molecule has 0 amide bonds. The predicted molar refractivity (Wildman–Crippen MR) is 58.8 cm³/mol. The molecule has 0 aliphatic carbocycles. The van der Waals surface area contributed by atoms with E-state index < -0.39 is 11.7 Å². The number of nitrogens with two attached hydrogens (primary N) is 1. The monoisotopic (exact) mass is 229 g/mol. The predicted octanol–water partition coefficient (Wildman–Crippen LogP) is 3.46. The summed E-state index contributed by atoms with van der Waals surface area (Å²) in [7, 11) is 0. The van der Waals surface area contributed by atoms with Crippen molar-refractivity contribution in [3.05, 3.63) is 41.0 Å². The van der Waals surface area contributed by atoms with Crippen LogP contribution in [-0.2, 0) is 6.18 Å². The van der Waals surface area contributed by atoms with Gasteiger partial charge < -0.3 is 5.73 Å². The lowest BCUT2D eigenvalue weighted by Crippen LogP contribution is -2.05. The first-order chi connectivity index (χ1) is 7.47. The molecule has 88 valence electrons. The van der Waals surface area contributed by atoms with Crippen LogP contribution in [0.25, 0.3) is 6.08 Å². The maximum atomic E-state index is 12.4. The van der Waals surface area contributed by atoms with E-state index in [9.17, 15) is 13.2 Å². The number of hydrogen-bond donors (Lipinski definition) is 1. The zero-order valence-electron chi connectivity index (χ0n) is 9.01. The standard InChI is InChI=1S/C12H14F3N/c1-2-9(8-16)6-10-4-3-5-11(7-10)12(13,14)15/h3-7H,2,8,16H2,1H3. The minimum Gasteiger partial charge on any atom is -0.327 e. The van der Waals surface area contributed by atoms with Crippen molar-refractivity contribution < 1.29 is 13.2 Å². The van der Waals surface area contributed by atoms with E-state index in [1.165, 1.54) is 6.07 Å². The fourth-order valence-electron chi connectivity index (χ4n) is 1.35. The second-order valence-corrected chi connectivity index (χ2v) is 3.48. The smallest absolute Gasteiger partial charge is 0.327 e. The maximum absolute atomic E-state index is 12.4. The number of hydrogen-bond acceptors (Lipinski definition) is 1. The van der Waals surface area contributed by atoms with Crippen LogP contribution >= 0.6 is 0 Å². The summed E-state index contributed by atoms with van der Waals surface area (Å²) in [6, 6.07) is 5.23. The molecule has 0 aliphatic rings. The summed E-state index contributed by atoms with van der Waals surface area (Å²) in [6.45, 7) is 2.29. The highest BCUT2D eigenvalue weighted by Gasteiger charge is 2.30. The van der Waals surface area contributed by atoms with Crippen LogP contribution in [0.3, 0.4) is 0 Å². The number of benzene rings is 1. The number of alkyl halides is 3. The van der Waals surface area contributed by atoms with Crippen LogP contribution in [0.15, 0.2) is 29.8 Å². The van der Waals surface area contributed by atoms with Gasteiger partial charge in [-0.05, 0) is 24.1 Å². The van der Waals surface area contributed by atoms with Gasteiger partial charge in [-0.25, -0.2) is 0 Å². The van der Waals surface area contributed by atoms with E-state index in [-0.39, 0.29) is 0 Å². The van der Waals surface area contributed by atoms with Crippen LogP contribution in [0.2, 0.25) is 0 Å². The minimum atomic E-state index is -4.29. The van der Waals surface area contributed by atoms with E-state index in [2.05, 4.69) is 0 Å². The topological polar surface area (TPSA) is 26.0 Å². The Hall–Kier alpha value is -1.29. The van der Waals surface area contributed by atoms with Crippen molar-refractivity contribution in [2.24, 2.45) is 5.73 Å². The van der Waals surface area contributed by atoms with Crippen LogP contribution in [0.1, 0.15) is 24.5 Å². The molecule has 0 radical (unpaired) electrons. The molecule has 0 fully saturated rings. The van der Waals surface area contributed by atoms with Crippen molar-refractivity contribution in [2.75, 3.05) is 6.54 Å². The fraction of sp³-hybridized carbons (Fsp3) is 0.333.